The Bertz CT molecular complexity index is 1170. The molecule has 0 atom stereocenters. The fourth-order valence-electron chi connectivity index (χ4n) is 3.12. The summed E-state index contributed by atoms with van der Waals surface area (Å²) in [5.41, 5.74) is 3.85. The quantitative estimate of drug-likeness (QED) is 0.516. The average molecular weight is 450 g/mol. The zero-order valence-corrected chi connectivity index (χ0v) is 19.0. The summed E-state index contributed by atoms with van der Waals surface area (Å²) in [6.45, 7) is 1.21. The van der Waals surface area contributed by atoms with E-state index in [1.807, 2.05) is 62.6 Å². The number of nitrogens with zero attached hydrogens (tertiary/aromatic N) is 1. The first-order valence-electron chi connectivity index (χ1n) is 10.2. The first-order chi connectivity index (χ1) is 15.3. The molecule has 0 aliphatic carbocycles. The van der Waals surface area contributed by atoms with E-state index in [2.05, 4.69) is 21.0 Å². The van der Waals surface area contributed by atoms with Crippen LogP contribution in [-0.4, -0.2) is 33.3 Å². The molecular weight excluding hydrogens is 422 g/mol. The lowest BCUT2D eigenvalue weighted by Crippen LogP contribution is -2.24. The van der Waals surface area contributed by atoms with Crippen LogP contribution >= 0.6 is 0 Å². The highest BCUT2D eigenvalue weighted by Crippen LogP contribution is 2.14. The minimum absolute atomic E-state index is 0.219. The normalized spacial score (nSPS) is 11.6. The predicted molar refractivity (Wildman–Crippen MR) is 129 cm³/mol. The van der Waals surface area contributed by atoms with Gasteiger partial charge in [-0.1, -0.05) is 54.6 Å². The Morgan fingerprint density at radius 2 is 1.50 bits per heavy atom. The number of hydrogen-bond acceptors (Lipinski definition) is 4. The van der Waals surface area contributed by atoms with Crippen molar-refractivity contribution in [1.82, 2.24) is 10.2 Å². The molecule has 0 saturated heterocycles. The van der Waals surface area contributed by atoms with Gasteiger partial charge < -0.3 is 10.2 Å². The Hall–Kier alpha value is -3.42. The monoisotopic (exact) mass is 449 g/mol. The van der Waals surface area contributed by atoms with Crippen molar-refractivity contribution in [1.29, 1.82) is 0 Å². The molecule has 0 radical (unpaired) electrons. The molecule has 166 valence electrons. The number of benzene rings is 3. The van der Waals surface area contributed by atoms with Crippen molar-refractivity contribution in [2.75, 3.05) is 18.8 Å². The number of carbonyl (C=O) groups excluding carboxylic acids is 1. The molecule has 1 amide bonds. The van der Waals surface area contributed by atoms with E-state index in [4.69, 9.17) is 0 Å². The summed E-state index contributed by atoms with van der Waals surface area (Å²) in [5, 5.41) is 4.05. The fraction of sp³-hybridized carbons (Fsp3) is 0.160. The van der Waals surface area contributed by atoms with E-state index in [9.17, 15) is 13.2 Å². The van der Waals surface area contributed by atoms with Gasteiger partial charge in [-0.2, -0.15) is 0 Å². The third-order valence-corrected chi connectivity index (χ3v) is 5.71. The van der Waals surface area contributed by atoms with E-state index in [0.29, 0.717) is 17.8 Å². The zero-order valence-electron chi connectivity index (χ0n) is 18.2. The largest absolute Gasteiger partial charge is 0.348 e. The first kappa shape index (κ1) is 23.2. The van der Waals surface area contributed by atoms with Gasteiger partial charge >= 0.3 is 0 Å². The first-order valence-corrected chi connectivity index (χ1v) is 11.7. The molecule has 6 nitrogen and oxygen atoms in total. The van der Waals surface area contributed by atoms with Gasteiger partial charge in [0.15, 0.2) is 0 Å². The molecule has 0 heterocycles. The van der Waals surface area contributed by atoms with Crippen LogP contribution in [0.5, 0.6) is 0 Å². The third-order valence-electron chi connectivity index (χ3n) is 4.69. The van der Waals surface area contributed by atoms with Crippen molar-refractivity contribution in [3.8, 4) is 0 Å². The van der Waals surface area contributed by atoms with Gasteiger partial charge in [-0.05, 0) is 61.1 Å². The molecule has 0 aromatic heterocycles. The van der Waals surface area contributed by atoms with Gasteiger partial charge in [-0.3, -0.25) is 9.52 Å². The van der Waals surface area contributed by atoms with E-state index < -0.39 is 10.0 Å². The van der Waals surface area contributed by atoms with Crippen molar-refractivity contribution >= 4 is 27.7 Å². The molecule has 2 N–H and O–H groups in total. The van der Waals surface area contributed by atoms with Crippen LogP contribution in [0.15, 0.2) is 84.3 Å². The maximum atomic E-state index is 12.5. The molecule has 3 aromatic carbocycles. The minimum Gasteiger partial charge on any atom is -0.348 e. The molecule has 32 heavy (non-hydrogen) atoms. The smallest absolute Gasteiger partial charge is 0.255 e. The van der Waals surface area contributed by atoms with Crippen molar-refractivity contribution in [2.24, 2.45) is 0 Å². The summed E-state index contributed by atoms with van der Waals surface area (Å²) in [4.78, 5) is 14.6. The van der Waals surface area contributed by atoms with Gasteiger partial charge in [0.2, 0.25) is 0 Å². The Labute approximate surface area is 189 Å². The van der Waals surface area contributed by atoms with Crippen LogP contribution in [0.4, 0.5) is 5.69 Å². The third kappa shape index (κ3) is 7.08. The number of rotatable bonds is 9. The standard InChI is InChI=1S/C25H27N3O3S/c1-28(2)19-23-11-7-6-10-22(23)18-26-25(29)21-12-14-24(15-13-21)27-32(30,31)17-16-20-8-4-3-5-9-20/h3-17,27H,18-19H2,1-2H3,(H,26,29)/b17-16+. The van der Waals surface area contributed by atoms with E-state index in [0.717, 1.165) is 28.6 Å². The van der Waals surface area contributed by atoms with Crippen LogP contribution in [0.3, 0.4) is 0 Å². The lowest BCUT2D eigenvalue weighted by atomic mass is 10.1. The number of anilines is 1. The van der Waals surface area contributed by atoms with E-state index in [1.54, 1.807) is 24.3 Å². The predicted octanol–water partition coefficient (Wildman–Crippen LogP) is 4.09. The van der Waals surface area contributed by atoms with Crippen molar-refractivity contribution in [3.05, 3.63) is 107 Å². The molecule has 7 heteroatoms. The van der Waals surface area contributed by atoms with Gasteiger partial charge in [0, 0.05) is 24.3 Å². The summed E-state index contributed by atoms with van der Waals surface area (Å²) in [6.07, 6.45) is 1.53. The molecule has 0 fully saturated rings. The van der Waals surface area contributed by atoms with Crippen LogP contribution in [0.1, 0.15) is 27.0 Å². The van der Waals surface area contributed by atoms with Gasteiger partial charge in [0.25, 0.3) is 15.9 Å². The number of amides is 1. The minimum atomic E-state index is -3.66. The van der Waals surface area contributed by atoms with Gasteiger partial charge in [0.05, 0.1) is 5.41 Å². The number of sulfonamides is 1. The number of nitrogens with one attached hydrogen (secondary N) is 2. The highest BCUT2D eigenvalue weighted by Gasteiger charge is 2.10. The van der Waals surface area contributed by atoms with Crippen LogP contribution < -0.4 is 10.0 Å². The molecule has 3 rings (SSSR count). The van der Waals surface area contributed by atoms with E-state index in [1.165, 1.54) is 6.08 Å². The van der Waals surface area contributed by atoms with Gasteiger partial charge in [0.1, 0.15) is 0 Å². The summed E-state index contributed by atoms with van der Waals surface area (Å²) in [6, 6.07) is 23.5. The molecule has 0 spiro atoms. The second kappa shape index (κ2) is 10.7. The average Bonchev–Trinajstić information content (AvgIpc) is 2.77. The number of carbonyl (C=O) groups is 1. The molecule has 0 unspecified atom stereocenters. The molecule has 0 aliphatic heterocycles. The topological polar surface area (TPSA) is 78.5 Å². The summed E-state index contributed by atoms with van der Waals surface area (Å²) in [5.74, 6) is -0.219. The highest BCUT2D eigenvalue weighted by atomic mass is 32.2. The van der Waals surface area contributed by atoms with Crippen molar-refractivity contribution in [2.45, 2.75) is 13.1 Å². The zero-order chi connectivity index (χ0) is 23.0. The Kier molecular flexibility index (Phi) is 7.81. The summed E-state index contributed by atoms with van der Waals surface area (Å²) < 4.78 is 27.0. The summed E-state index contributed by atoms with van der Waals surface area (Å²) in [7, 11) is 0.343. The van der Waals surface area contributed by atoms with Crippen LogP contribution in [-0.2, 0) is 23.1 Å². The van der Waals surface area contributed by atoms with E-state index >= 15 is 0 Å². The fourth-order valence-corrected chi connectivity index (χ4v) is 3.99. The Morgan fingerprint density at radius 3 is 2.16 bits per heavy atom. The maximum Gasteiger partial charge on any atom is 0.255 e. The lowest BCUT2D eigenvalue weighted by Gasteiger charge is -2.14. The summed E-state index contributed by atoms with van der Waals surface area (Å²) >= 11 is 0. The van der Waals surface area contributed by atoms with Gasteiger partial charge in [-0.25, -0.2) is 8.42 Å². The highest BCUT2D eigenvalue weighted by molar-refractivity contribution is 7.95. The molecule has 0 bridgehead atoms. The molecule has 0 aliphatic rings. The molecule has 3 aromatic rings. The van der Waals surface area contributed by atoms with Crippen LogP contribution in [0, 0.1) is 0 Å². The number of hydrogen-bond donors (Lipinski definition) is 2. The van der Waals surface area contributed by atoms with Crippen LogP contribution in [0.25, 0.3) is 6.08 Å². The molecular formula is C25H27N3O3S. The van der Waals surface area contributed by atoms with E-state index in [-0.39, 0.29) is 5.91 Å². The molecule has 0 saturated carbocycles. The lowest BCUT2D eigenvalue weighted by molar-refractivity contribution is 0.0951. The van der Waals surface area contributed by atoms with Crippen LogP contribution in [0.2, 0.25) is 0 Å². The SMILES string of the molecule is CN(C)Cc1ccccc1CNC(=O)c1ccc(NS(=O)(=O)/C=C/c2ccccc2)cc1. The van der Waals surface area contributed by atoms with Crippen molar-refractivity contribution in [3.63, 3.8) is 0 Å². The Balaban J connectivity index is 1.59. The second-order valence-electron chi connectivity index (χ2n) is 7.63. The maximum absolute atomic E-state index is 12.5. The Morgan fingerprint density at radius 1 is 0.875 bits per heavy atom. The second-order valence-corrected chi connectivity index (χ2v) is 9.19. The van der Waals surface area contributed by atoms with Crippen molar-refractivity contribution < 1.29 is 13.2 Å². The van der Waals surface area contributed by atoms with Gasteiger partial charge in [-0.15, -0.1) is 0 Å².